The van der Waals surface area contributed by atoms with Crippen molar-refractivity contribution in [2.24, 2.45) is 0 Å². The molecule has 1 heterocycles. The Morgan fingerprint density at radius 3 is 2.77 bits per heavy atom. The molecule has 0 aliphatic rings. The van der Waals surface area contributed by atoms with Gasteiger partial charge in [0.1, 0.15) is 29.4 Å². The molecular weight excluding hydrogens is 334 g/mol. The molecule has 0 aliphatic carbocycles. The van der Waals surface area contributed by atoms with Crippen LogP contribution in [0.1, 0.15) is 23.0 Å². The van der Waals surface area contributed by atoms with E-state index in [9.17, 15) is 4.79 Å². The number of carbonyl (C=O) groups is 1. The number of ether oxygens (including phenoxy) is 3. The van der Waals surface area contributed by atoms with Crippen LogP contribution in [0.15, 0.2) is 59.1 Å². The van der Waals surface area contributed by atoms with Crippen molar-refractivity contribution in [3.05, 3.63) is 65.9 Å². The fourth-order valence-corrected chi connectivity index (χ4v) is 2.43. The molecule has 0 saturated heterocycles. The summed E-state index contributed by atoms with van der Waals surface area (Å²) in [6, 6.07) is 16.1. The molecule has 0 fully saturated rings. The van der Waals surface area contributed by atoms with Gasteiger partial charge in [-0.2, -0.15) is 0 Å². The van der Waals surface area contributed by atoms with Crippen LogP contribution in [0.2, 0.25) is 0 Å². The standard InChI is InChI=1S/C20H19NO5/c1-3-24-18-10-5-4-9-17(18)20(22)25-13-15-12-19(26-21-15)14-7-6-8-16(11-14)23-2/h4-12H,3,13H2,1-2H3. The van der Waals surface area contributed by atoms with Crippen LogP contribution in [0.4, 0.5) is 0 Å². The molecule has 0 atom stereocenters. The zero-order valence-electron chi connectivity index (χ0n) is 14.6. The average molecular weight is 353 g/mol. The third kappa shape index (κ3) is 4.03. The largest absolute Gasteiger partial charge is 0.497 e. The maximum absolute atomic E-state index is 12.3. The quantitative estimate of drug-likeness (QED) is 0.596. The molecule has 6 heteroatoms. The highest BCUT2D eigenvalue weighted by molar-refractivity contribution is 5.92. The first-order chi connectivity index (χ1) is 12.7. The van der Waals surface area contributed by atoms with Gasteiger partial charge in [0.05, 0.1) is 13.7 Å². The van der Waals surface area contributed by atoms with Crippen LogP contribution in [0.3, 0.4) is 0 Å². The zero-order valence-corrected chi connectivity index (χ0v) is 14.6. The lowest BCUT2D eigenvalue weighted by atomic mass is 10.1. The summed E-state index contributed by atoms with van der Waals surface area (Å²) in [6.45, 7) is 2.34. The number of esters is 1. The van der Waals surface area contributed by atoms with E-state index < -0.39 is 5.97 Å². The van der Waals surface area contributed by atoms with E-state index in [4.69, 9.17) is 18.7 Å². The van der Waals surface area contributed by atoms with Crippen LogP contribution in [-0.2, 0) is 11.3 Å². The number of methoxy groups -OCH3 is 1. The summed E-state index contributed by atoms with van der Waals surface area (Å²) in [5.41, 5.74) is 1.73. The molecular formula is C20H19NO5. The lowest BCUT2D eigenvalue weighted by Crippen LogP contribution is -2.08. The van der Waals surface area contributed by atoms with Crippen molar-refractivity contribution in [1.82, 2.24) is 5.16 Å². The predicted octanol–water partition coefficient (Wildman–Crippen LogP) is 4.11. The first kappa shape index (κ1) is 17.5. The maximum atomic E-state index is 12.3. The Hall–Kier alpha value is -3.28. The lowest BCUT2D eigenvalue weighted by molar-refractivity contribution is 0.0460. The zero-order chi connectivity index (χ0) is 18.4. The number of hydrogen-bond donors (Lipinski definition) is 0. The third-order valence-electron chi connectivity index (χ3n) is 3.67. The number of aromatic nitrogens is 1. The second-order valence-corrected chi connectivity index (χ2v) is 5.42. The molecule has 0 aliphatic heterocycles. The number of nitrogens with zero attached hydrogens (tertiary/aromatic N) is 1. The van der Waals surface area contributed by atoms with Gasteiger partial charge in [0.15, 0.2) is 5.76 Å². The van der Waals surface area contributed by atoms with E-state index >= 15 is 0 Å². The van der Waals surface area contributed by atoms with E-state index in [2.05, 4.69) is 5.16 Å². The lowest BCUT2D eigenvalue weighted by Gasteiger charge is -2.08. The first-order valence-electron chi connectivity index (χ1n) is 8.20. The van der Waals surface area contributed by atoms with Gasteiger partial charge in [0.25, 0.3) is 0 Å². The van der Waals surface area contributed by atoms with Gasteiger partial charge in [0, 0.05) is 11.6 Å². The Bertz CT molecular complexity index is 887. The van der Waals surface area contributed by atoms with Crippen molar-refractivity contribution in [2.75, 3.05) is 13.7 Å². The monoisotopic (exact) mass is 353 g/mol. The van der Waals surface area contributed by atoms with E-state index in [0.29, 0.717) is 29.4 Å². The van der Waals surface area contributed by atoms with Crippen molar-refractivity contribution >= 4 is 5.97 Å². The maximum Gasteiger partial charge on any atom is 0.342 e. The van der Waals surface area contributed by atoms with Crippen molar-refractivity contribution in [2.45, 2.75) is 13.5 Å². The van der Waals surface area contributed by atoms with Crippen molar-refractivity contribution in [1.29, 1.82) is 0 Å². The molecule has 0 amide bonds. The summed E-state index contributed by atoms with van der Waals surface area (Å²) in [6.07, 6.45) is 0. The highest BCUT2D eigenvalue weighted by Crippen LogP contribution is 2.25. The number of para-hydroxylation sites is 1. The summed E-state index contributed by atoms with van der Waals surface area (Å²) >= 11 is 0. The van der Waals surface area contributed by atoms with Crippen LogP contribution in [0.25, 0.3) is 11.3 Å². The fraction of sp³-hybridized carbons (Fsp3) is 0.200. The molecule has 2 aromatic carbocycles. The van der Waals surface area contributed by atoms with Gasteiger partial charge in [-0.3, -0.25) is 0 Å². The Morgan fingerprint density at radius 2 is 1.96 bits per heavy atom. The van der Waals surface area contributed by atoms with Gasteiger partial charge in [-0.05, 0) is 31.2 Å². The third-order valence-corrected chi connectivity index (χ3v) is 3.67. The van der Waals surface area contributed by atoms with Crippen molar-refractivity contribution in [3.63, 3.8) is 0 Å². The molecule has 6 nitrogen and oxygen atoms in total. The van der Waals surface area contributed by atoms with Gasteiger partial charge in [0.2, 0.25) is 0 Å². The van der Waals surface area contributed by atoms with Gasteiger partial charge in [-0.1, -0.05) is 29.4 Å². The Labute approximate surface area is 151 Å². The molecule has 0 N–H and O–H groups in total. The molecule has 0 unspecified atom stereocenters. The second-order valence-electron chi connectivity index (χ2n) is 5.42. The normalized spacial score (nSPS) is 10.4. The second kappa shape index (κ2) is 8.20. The first-order valence-corrected chi connectivity index (χ1v) is 8.20. The topological polar surface area (TPSA) is 70.8 Å². The summed E-state index contributed by atoms with van der Waals surface area (Å²) < 4.78 is 21.3. The van der Waals surface area contributed by atoms with Crippen molar-refractivity contribution in [3.8, 4) is 22.8 Å². The smallest absolute Gasteiger partial charge is 0.342 e. The van der Waals surface area contributed by atoms with Crippen LogP contribution < -0.4 is 9.47 Å². The number of rotatable bonds is 7. The fourth-order valence-electron chi connectivity index (χ4n) is 2.43. The molecule has 3 rings (SSSR count). The predicted molar refractivity (Wildman–Crippen MR) is 95.2 cm³/mol. The summed E-state index contributed by atoms with van der Waals surface area (Å²) in [7, 11) is 1.60. The summed E-state index contributed by atoms with van der Waals surface area (Å²) in [4.78, 5) is 12.3. The minimum absolute atomic E-state index is 0.00671. The Balaban J connectivity index is 1.67. The van der Waals surface area contributed by atoms with E-state index in [-0.39, 0.29) is 6.61 Å². The van der Waals surface area contributed by atoms with Gasteiger partial charge in [-0.25, -0.2) is 4.79 Å². The van der Waals surface area contributed by atoms with Crippen LogP contribution in [0.5, 0.6) is 11.5 Å². The molecule has 3 aromatic rings. The van der Waals surface area contributed by atoms with E-state index in [0.717, 1.165) is 11.3 Å². The van der Waals surface area contributed by atoms with Gasteiger partial charge in [-0.15, -0.1) is 0 Å². The number of benzene rings is 2. The van der Waals surface area contributed by atoms with Crippen molar-refractivity contribution < 1.29 is 23.5 Å². The van der Waals surface area contributed by atoms with Gasteiger partial charge < -0.3 is 18.7 Å². The molecule has 0 bridgehead atoms. The minimum Gasteiger partial charge on any atom is -0.497 e. The SMILES string of the molecule is CCOc1ccccc1C(=O)OCc1cc(-c2cccc(OC)c2)on1. The van der Waals surface area contributed by atoms with Crippen LogP contribution in [0, 0.1) is 0 Å². The Kier molecular flexibility index (Phi) is 5.53. The van der Waals surface area contributed by atoms with Crippen LogP contribution >= 0.6 is 0 Å². The van der Waals surface area contributed by atoms with E-state index in [1.165, 1.54) is 0 Å². The van der Waals surface area contributed by atoms with Crippen LogP contribution in [-0.4, -0.2) is 24.8 Å². The molecule has 0 saturated carbocycles. The average Bonchev–Trinajstić information content (AvgIpc) is 3.16. The van der Waals surface area contributed by atoms with Gasteiger partial charge >= 0.3 is 5.97 Å². The van der Waals surface area contributed by atoms with E-state index in [1.54, 1.807) is 37.4 Å². The molecule has 0 spiro atoms. The molecule has 0 radical (unpaired) electrons. The number of hydrogen-bond acceptors (Lipinski definition) is 6. The summed E-state index contributed by atoms with van der Waals surface area (Å²) in [5, 5.41) is 3.95. The highest BCUT2D eigenvalue weighted by Gasteiger charge is 2.15. The molecule has 26 heavy (non-hydrogen) atoms. The molecule has 1 aromatic heterocycles. The summed E-state index contributed by atoms with van der Waals surface area (Å²) in [5.74, 6) is 1.32. The molecule has 134 valence electrons. The Morgan fingerprint density at radius 1 is 1.12 bits per heavy atom. The number of carbonyl (C=O) groups excluding carboxylic acids is 1. The van der Waals surface area contributed by atoms with E-state index in [1.807, 2.05) is 31.2 Å². The highest BCUT2D eigenvalue weighted by atomic mass is 16.5. The minimum atomic E-state index is -0.472.